The SMILES string of the molecule is CC(C)C(=O)CCc1ccc([C@H]2OC[C@H](O)[C@H](O)[C@H]2Nc2cncc(C(F)(F)F)n2)cc1. The Balaban J connectivity index is 1.78. The van der Waals surface area contributed by atoms with Crippen molar-refractivity contribution in [1.82, 2.24) is 9.97 Å². The number of nitrogens with zero attached hydrogens (tertiary/aromatic N) is 2. The van der Waals surface area contributed by atoms with E-state index < -0.39 is 36.2 Å². The summed E-state index contributed by atoms with van der Waals surface area (Å²) >= 11 is 0. The molecule has 3 N–H and O–H groups in total. The molecule has 0 aliphatic carbocycles. The van der Waals surface area contributed by atoms with E-state index >= 15 is 0 Å². The normalized spacial score (nSPS) is 23.9. The third kappa shape index (κ3) is 5.81. The lowest BCUT2D eigenvalue weighted by molar-refractivity contribution is -0.141. The second-order valence-corrected chi connectivity index (χ2v) is 8.13. The average Bonchev–Trinajstić information content (AvgIpc) is 2.75. The van der Waals surface area contributed by atoms with Crippen LogP contribution < -0.4 is 5.32 Å². The minimum atomic E-state index is -4.67. The van der Waals surface area contributed by atoms with Crippen LogP contribution >= 0.6 is 0 Å². The van der Waals surface area contributed by atoms with E-state index in [1.807, 2.05) is 26.0 Å². The highest BCUT2D eigenvalue weighted by molar-refractivity contribution is 5.80. The second kappa shape index (κ2) is 9.93. The Hall–Kier alpha value is -2.56. The zero-order chi connectivity index (χ0) is 23.5. The summed E-state index contributed by atoms with van der Waals surface area (Å²) in [6.45, 7) is 3.57. The van der Waals surface area contributed by atoms with Crippen molar-refractivity contribution >= 4 is 11.6 Å². The van der Waals surface area contributed by atoms with Crippen LogP contribution in [0.5, 0.6) is 0 Å². The summed E-state index contributed by atoms with van der Waals surface area (Å²) in [7, 11) is 0. The van der Waals surface area contributed by atoms with E-state index in [1.54, 1.807) is 12.1 Å². The number of aliphatic hydroxyl groups excluding tert-OH is 2. The quantitative estimate of drug-likeness (QED) is 0.592. The lowest BCUT2D eigenvalue weighted by Gasteiger charge is -2.39. The van der Waals surface area contributed by atoms with Crippen molar-refractivity contribution in [3.63, 3.8) is 0 Å². The van der Waals surface area contributed by atoms with Gasteiger partial charge in [-0.2, -0.15) is 13.2 Å². The molecule has 174 valence electrons. The van der Waals surface area contributed by atoms with Crippen LogP contribution in [-0.2, 0) is 22.1 Å². The molecule has 0 saturated carbocycles. The lowest BCUT2D eigenvalue weighted by Crippen LogP contribution is -2.52. The third-order valence-corrected chi connectivity index (χ3v) is 5.39. The van der Waals surface area contributed by atoms with Gasteiger partial charge in [-0.25, -0.2) is 4.98 Å². The number of carbonyl (C=O) groups is 1. The van der Waals surface area contributed by atoms with Gasteiger partial charge in [0.1, 0.15) is 29.9 Å². The number of hydrogen-bond acceptors (Lipinski definition) is 7. The summed E-state index contributed by atoms with van der Waals surface area (Å²) in [5, 5.41) is 23.3. The maximum atomic E-state index is 13.0. The van der Waals surface area contributed by atoms with Crippen molar-refractivity contribution in [2.45, 2.75) is 57.2 Å². The van der Waals surface area contributed by atoms with E-state index in [2.05, 4.69) is 15.3 Å². The Kier molecular flexibility index (Phi) is 7.47. The van der Waals surface area contributed by atoms with Crippen LogP contribution in [0.3, 0.4) is 0 Å². The Bertz CT molecular complexity index is 921. The summed E-state index contributed by atoms with van der Waals surface area (Å²) in [6.07, 6.45) is -5.22. The Labute approximate surface area is 183 Å². The molecule has 0 bridgehead atoms. The highest BCUT2D eigenvalue weighted by atomic mass is 19.4. The predicted octanol–water partition coefficient (Wildman–Crippen LogP) is 2.93. The monoisotopic (exact) mass is 453 g/mol. The molecule has 4 atom stereocenters. The first-order valence-electron chi connectivity index (χ1n) is 10.3. The molecule has 1 aliphatic rings. The van der Waals surface area contributed by atoms with Gasteiger partial charge < -0.3 is 20.3 Å². The van der Waals surface area contributed by atoms with Gasteiger partial charge in [-0.05, 0) is 17.5 Å². The van der Waals surface area contributed by atoms with E-state index in [0.29, 0.717) is 24.6 Å². The summed E-state index contributed by atoms with van der Waals surface area (Å²) in [4.78, 5) is 18.9. The number of carbonyl (C=O) groups excluding carboxylic acids is 1. The van der Waals surface area contributed by atoms with E-state index in [4.69, 9.17) is 4.74 Å². The van der Waals surface area contributed by atoms with Crippen molar-refractivity contribution in [2.24, 2.45) is 5.92 Å². The van der Waals surface area contributed by atoms with Gasteiger partial charge in [-0.15, -0.1) is 0 Å². The smallest absolute Gasteiger partial charge is 0.388 e. The van der Waals surface area contributed by atoms with Crippen LogP contribution in [0.1, 0.15) is 43.2 Å². The number of Topliss-reactive ketones (excluding diaryl/α,β-unsaturated/α-hetero) is 1. The van der Waals surface area contributed by atoms with Crippen LogP contribution in [0.2, 0.25) is 0 Å². The molecule has 2 heterocycles. The van der Waals surface area contributed by atoms with E-state index in [1.165, 1.54) is 0 Å². The fraction of sp³-hybridized carbons (Fsp3) is 0.500. The maximum absolute atomic E-state index is 13.0. The third-order valence-electron chi connectivity index (χ3n) is 5.39. The molecule has 32 heavy (non-hydrogen) atoms. The minimum absolute atomic E-state index is 0.0244. The molecule has 1 aromatic heterocycles. The molecule has 10 heteroatoms. The molecular formula is C22H26F3N3O4. The zero-order valence-electron chi connectivity index (χ0n) is 17.7. The minimum Gasteiger partial charge on any atom is -0.388 e. The lowest BCUT2D eigenvalue weighted by atomic mass is 9.91. The molecule has 0 unspecified atom stereocenters. The zero-order valence-corrected chi connectivity index (χ0v) is 17.7. The first kappa shape index (κ1) is 24.1. The van der Waals surface area contributed by atoms with Gasteiger partial charge >= 0.3 is 6.18 Å². The number of alkyl halides is 3. The van der Waals surface area contributed by atoms with E-state index in [9.17, 15) is 28.2 Å². The molecule has 0 amide bonds. The van der Waals surface area contributed by atoms with Gasteiger partial charge in [0.25, 0.3) is 0 Å². The van der Waals surface area contributed by atoms with Crippen molar-refractivity contribution in [2.75, 3.05) is 11.9 Å². The Morgan fingerprint density at radius 3 is 2.53 bits per heavy atom. The van der Waals surface area contributed by atoms with Crippen molar-refractivity contribution in [1.29, 1.82) is 0 Å². The predicted molar refractivity (Wildman–Crippen MR) is 110 cm³/mol. The van der Waals surface area contributed by atoms with Crippen molar-refractivity contribution in [3.8, 4) is 0 Å². The fourth-order valence-corrected chi connectivity index (χ4v) is 3.46. The van der Waals surface area contributed by atoms with Crippen LogP contribution in [0.4, 0.5) is 19.0 Å². The molecule has 1 aliphatic heterocycles. The van der Waals surface area contributed by atoms with E-state index in [0.717, 1.165) is 11.8 Å². The summed E-state index contributed by atoms with van der Waals surface area (Å²) in [5.74, 6) is -0.0488. The van der Waals surface area contributed by atoms with Gasteiger partial charge in [0.15, 0.2) is 5.69 Å². The topological polar surface area (TPSA) is 105 Å². The number of benzene rings is 1. The number of anilines is 1. The molecule has 1 saturated heterocycles. The molecule has 0 radical (unpaired) electrons. The highest BCUT2D eigenvalue weighted by Gasteiger charge is 2.40. The number of aryl methyl sites for hydroxylation is 1. The number of ether oxygens (including phenoxy) is 1. The molecular weight excluding hydrogens is 427 g/mol. The first-order valence-corrected chi connectivity index (χ1v) is 10.3. The van der Waals surface area contributed by atoms with E-state index in [-0.39, 0.29) is 24.1 Å². The van der Waals surface area contributed by atoms with Crippen LogP contribution in [-0.4, -0.2) is 50.8 Å². The van der Waals surface area contributed by atoms with Gasteiger partial charge in [0, 0.05) is 12.3 Å². The van der Waals surface area contributed by atoms with Crippen LogP contribution in [0.25, 0.3) is 0 Å². The Morgan fingerprint density at radius 1 is 1.22 bits per heavy atom. The van der Waals surface area contributed by atoms with Crippen LogP contribution in [0.15, 0.2) is 36.7 Å². The van der Waals surface area contributed by atoms with Gasteiger partial charge in [0.2, 0.25) is 0 Å². The maximum Gasteiger partial charge on any atom is 0.434 e. The Morgan fingerprint density at radius 2 is 1.91 bits per heavy atom. The summed E-state index contributed by atoms with van der Waals surface area (Å²) in [5.41, 5.74) is 0.436. The number of rotatable bonds is 7. The largest absolute Gasteiger partial charge is 0.434 e. The van der Waals surface area contributed by atoms with Gasteiger partial charge in [0.05, 0.1) is 25.0 Å². The number of aromatic nitrogens is 2. The number of hydrogen-bond donors (Lipinski definition) is 3. The summed E-state index contributed by atoms with van der Waals surface area (Å²) in [6, 6.07) is 6.26. The average molecular weight is 453 g/mol. The number of nitrogens with one attached hydrogen (secondary N) is 1. The van der Waals surface area contributed by atoms with Crippen molar-refractivity contribution < 1.29 is 32.9 Å². The molecule has 0 spiro atoms. The molecule has 2 aromatic rings. The second-order valence-electron chi connectivity index (χ2n) is 8.13. The number of aliphatic hydroxyl groups is 2. The van der Waals surface area contributed by atoms with Crippen molar-refractivity contribution in [3.05, 3.63) is 53.5 Å². The fourth-order valence-electron chi connectivity index (χ4n) is 3.46. The molecule has 3 rings (SSSR count). The van der Waals surface area contributed by atoms with Gasteiger partial charge in [-0.1, -0.05) is 38.1 Å². The number of halogens is 3. The standard InChI is InChI=1S/C22H26F3N3O4/c1-12(2)15(29)8-5-13-3-6-14(7-4-13)21-19(20(31)16(30)11-32-21)28-18-10-26-9-17(27-18)22(23,24)25/h3-4,6-7,9-10,12,16,19-21,30-31H,5,8,11H2,1-2H3,(H,27,28)/t16-,19+,20-,21+/m0/s1. The van der Waals surface area contributed by atoms with Gasteiger partial charge in [-0.3, -0.25) is 9.78 Å². The molecule has 7 nitrogen and oxygen atoms in total. The number of ketones is 1. The molecule has 1 fully saturated rings. The first-order chi connectivity index (χ1) is 15.1. The van der Waals surface area contributed by atoms with Crippen LogP contribution in [0, 0.1) is 5.92 Å². The summed E-state index contributed by atoms with van der Waals surface area (Å²) < 4.78 is 44.6. The highest BCUT2D eigenvalue weighted by Crippen LogP contribution is 2.32. The molecule has 1 aromatic carbocycles.